The molecule has 9 heteroatoms. The highest BCUT2D eigenvalue weighted by molar-refractivity contribution is 6.01. The molecule has 9 nitrogen and oxygen atoms in total. The summed E-state index contributed by atoms with van der Waals surface area (Å²) in [6, 6.07) is 11.2. The monoisotopic (exact) mass is 417 g/mol. The van der Waals surface area contributed by atoms with E-state index in [4.69, 9.17) is 14.2 Å². The molecule has 1 aliphatic rings. The average molecular weight is 417 g/mol. The first kappa shape index (κ1) is 18.9. The molecule has 0 radical (unpaired) electrons. The first-order chi connectivity index (χ1) is 15.2. The molecule has 0 saturated carbocycles. The van der Waals surface area contributed by atoms with Crippen molar-refractivity contribution in [3.8, 4) is 28.5 Å². The molecule has 31 heavy (non-hydrogen) atoms. The molecule has 1 amide bonds. The Labute approximate surface area is 177 Å². The van der Waals surface area contributed by atoms with E-state index in [1.165, 1.54) is 6.33 Å². The lowest BCUT2D eigenvalue weighted by molar-refractivity contribution is -0.115. The van der Waals surface area contributed by atoms with Crippen molar-refractivity contribution in [1.82, 2.24) is 20.2 Å². The van der Waals surface area contributed by atoms with Crippen molar-refractivity contribution >= 4 is 22.6 Å². The van der Waals surface area contributed by atoms with Gasteiger partial charge in [0.15, 0.2) is 23.1 Å². The lowest BCUT2D eigenvalue weighted by atomic mass is 10.1. The lowest BCUT2D eigenvalue weighted by Crippen LogP contribution is -2.17. The molecule has 3 heterocycles. The zero-order valence-electron chi connectivity index (χ0n) is 16.7. The number of fused-ring (bicyclic) bond motifs is 2. The fraction of sp³-hybridized carbons (Fsp3) is 0.182. The summed E-state index contributed by atoms with van der Waals surface area (Å²) in [4.78, 5) is 21.0. The number of rotatable bonds is 5. The maximum atomic E-state index is 12.7. The highest BCUT2D eigenvalue weighted by Gasteiger charge is 2.16. The molecule has 0 spiro atoms. The minimum atomic E-state index is -0.185. The number of ether oxygens (including phenoxy) is 3. The van der Waals surface area contributed by atoms with Gasteiger partial charge in [-0.05, 0) is 29.8 Å². The van der Waals surface area contributed by atoms with Gasteiger partial charge in [0.1, 0.15) is 25.2 Å². The van der Waals surface area contributed by atoms with Crippen molar-refractivity contribution in [1.29, 1.82) is 0 Å². The molecule has 2 N–H and O–H groups in total. The van der Waals surface area contributed by atoms with Gasteiger partial charge >= 0.3 is 0 Å². The van der Waals surface area contributed by atoms with Gasteiger partial charge in [0, 0.05) is 10.9 Å². The SMILES string of the molecule is COc1cncnc1-c1ccc2[nH]nc(NC(=O)Cc3ccc4c(c3)OCCO4)c2c1. The number of methoxy groups -OCH3 is 1. The van der Waals surface area contributed by atoms with E-state index < -0.39 is 0 Å². The van der Waals surface area contributed by atoms with Crippen molar-refractivity contribution in [2.45, 2.75) is 6.42 Å². The van der Waals surface area contributed by atoms with Gasteiger partial charge in [0.2, 0.25) is 5.91 Å². The molecular weight excluding hydrogens is 398 g/mol. The molecule has 0 aliphatic carbocycles. The van der Waals surface area contributed by atoms with Crippen molar-refractivity contribution in [3.05, 3.63) is 54.5 Å². The van der Waals surface area contributed by atoms with Crippen LogP contribution in [0, 0.1) is 0 Å². The van der Waals surface area contributed by atoms with E-state index in [0.717, 1.165) is 22.0 Å². The Morgan fingerprint density at radius 3 is 2.90 bits per heavy atom. The lowest BCUT2D eigenvalue weighted by Gasteiger charge is -2.18. The van der Waals surface area contributed by atoms with Crippen LogP contribution in [0.15, 0.2) is 48.9 Å². The summed E-state index contributed by atoms with van der Waals surface area (Å²) in [5, 5.41) is 10.9. The third kappa shape index (κ3) is 3.73. The number of benzene rings is 2. The number of hydrogen-bond acceptors (Lipinski definition) is 7. The number of H-pyrrole nitrogens is 1. The molecule has 0 fully saturated rings. The van der Waals surface area contributed by atoms with Gasteiger partial charge in [0.05, 0.1) is 25.2 Å². The molecule has 2 aromatic carbocycles. The van der Waals surface area contributed by atoms with Gasteiger partial charge in [-0.2, -0.15) is 5.10 Å². The van der Waals surface area contributed by atoms with Crippen LogP contribution in [0.25, 0.3) is 22.2 Å². The molecule has 0 unspecified atom stereocenters. The van der Waals surface area contributed by atoms with Crippen LogP contribution in [0.1, 0.15) is 5.56 Å². The summed E-state index contributed by atoms with van der Waals surface area (Å²) in [6.45, 7) is 1.03. The van der Waals surface area contributed by atoms with Crippen LogP contribution in [0.3, 0.4) is 0 Å². The van der Waals surface area contributed by atoms with Crippen LogP contribution in [0.4, 0.5) is 5.82 Å². The van der Waals surface area contributed by atoms with E-state index in [9.17, 15) is 4.79 Å². The summed E-state index contributed by atoms with van der Waals surface area (Å²) >= 11 is 0. The fourth-order valence-corrected chi connectivity index (χ4v) is 3.50. The highest BCUT2D eigenvalue weighted by atomic mass is 16.6. The Bertz CT molecular complexity index is 1270. The van der Waals surface area contributed by atoms with Crippen LogP contribution in [0.5, 0.6) is 17.2 Å². The topological polar surface area (TPSA) is 111 Å². The summed E-state index contributed by atoms with van der Waals surface area (Å²) in [5.41, 5.74) is 3.11. The number of hydrogen-bond donors (Lipinski definition) is 2. The molecule has 0 bridgehead atoms. The number of carbonyl (C=O) groups excluding carboxylic acids is 1. The minimum absolute atomic E-state index is 0.185. The largest absolute Gasteiger partial charge is 0.493 e. The quantitative estimate of drug-likeness (QED) is 0.513. The summed E-state index contributed by atoms with van der Waals surface area (Å²) in [7, 11) is 1.57. The molecular formula is C22H19N5O4. The van der Waals surface area contributed by atoms with E-state index >= 15 is 0 Å². The Morgan fingerprint density at radius 2 is 2.03 bits per heavy atom. The molecule has 0 atom stereocenters. The Kier molecular flexibility index (Phi) is 4.83. The summed E-state index contributed by atoms with van der Waals surface area (Å²) in [5.74, 6) is 2.18. The van der Waals surface area contributed by atoms with Gasteiger partial charge in [-0.1, -0.05) is 12.1 Å². The second kappa shape index (κ2) is 7.94. The van der Waals surface area contributed by atoms with Crippen molar-refractivity contribution in [3.63, 3.8) is 0 Å². The van der Waals surface area contributed by atoms with Crippen LogP contribution >= 0.6 is 0 Å². The van der Waals surface area contributed by atoms with Crippen LogP contribution < -0.4 is 19.5 Å². The first-order valence-electron chi connectivity index (χ1n) is 9.72. The number of amides is 1. The Hall–Kier alpha value is -4.14. The van der Waals surface area contributed by atoms with Gasteiger partial charge in [-0.3, -0.25) is 9.89 Å². The van der Waals surface area contributed by atoms with E-state index in [2.05, 4.69) is 25.5 Å². The number of aromatic amines is 1. The maximum Gasteiger partial charge on any atom is 0.230 e. The van der Waals surface area contributed by atoms with Crippen molar-refractivity contribution < 1.29 is 19.0 Å². The smallest absolute Gasteiger partial charge is 0.230 e. The third-order valence-corrected chi connectivity index (χ3v) is 4.96. The van der Waals surface area contributed by atoms with Crippen LogP contribution in [-0.4, -0.2) is 46.4 Å². The number of anilines is 1. The Balaban J connectivity index is 1.38. The normalized spacial score (nSPS) is 12.5. The molecule has 156 valence electrons. The molecule has 1 aliphatic heterocycles. The minimum Gasteiger partial charge on any atom is -0.493 e. The molecule has 0 saturated heterocycles. The van der Waals surface area contributed by atoms with Crippen molar-refractivity contribution in [2.24, 2.45) is 0 Å². The first-order valence-corrected chi connectivity index (χ1v) is 9.72. The van der Waals surface area contributed by atoms with E-state index in [-0.39, 0.29) is 12.3 Å². The Morgan fingerprint density at radius 1 is 1.16 bits per heavy atom. The van der Waals surface area contributed by atoms with Gasteiger partial charge < -0.3 is 19.5 Å². The van der Waals surface area contributed by atoms with Gasteiger partial charge in [-0.25, -0.2) is 9.97 Å². The number of nitrogens with one attached hydrogen (secondary N) is 2. The number of nitrogens with zero attached hydrogens (tertiary/aromatic N) is 3. The third-order valence-electron chi connectivity index (χ3n) is 4.96. The van der Waals surface area contributed by atoms with Gasteiger partial charge in [0.25, 0.3) is 0 Å². The highest BCUT2D eigenvalue weighted by Crippen LogP contribution is 2.32. The second-order valence-electron chi connectivity index (χ2n) is 6.98. The molecule has 4 aromatic rings. The summed E-state index contributed by atoms with van der Waals surface area (Å²) in [6.07, 6.45) is 3.26. The zero-order valence-corrected chi connectivity index (χ0v) is 16.7. The molecule has 2 aromatic heterocycles. The van der Waals surface area contributed by atoms with E-state index in [0.29, 0.717) is 42.0 Å². The van der Waals surface area contributed by atoms with Crippen LogP contribution in [0.2, 0.25) is 0 Å². The van der Waals surface area contributed by atoms with E-state index in [1.807, 2.05) is 36.4 Å². The average Bonchev–Trinajstić information content (AvgIpc) is 3.20. The van der Waals surface area contributed by atoms with E-state index in [1.54, 1.807) is 13.3 Å². The van der Waals surface area contributed by atoms with Crippen molar-refractivity contribution in [2.75, 3.05) is 25.6 Å². The van der Waals surface area contributed by atoms with Gasteiger partial charge in [-0.15, -0.1) is 0 Å². The summed E-state index contributed by atoms with van der Waals surface area (Å²) < 4.78 is 16.5. The standard InChI is InChI=1S/C22H19N5O4/c1-29-19-11-23-12-24-21(19)14-3-4-16-15(10-14)22(27-26-16)25-20(28)9-13-2-5-17-18(8-13)31-7-6-30-17/h2-5,8,10-12H,6-7,9H2,1H3,(H2,25,26,27,28). The molecule has 5 rings (SSSR count). The number of aromatic nitrogens is 4. The predicted molar refractivity (Wildman–Crippen MR) is 113 cm³/mol. The fourth-order valence-electron chi connectivity index (χ4n) is 3.50. The second-order valence-corrected chi connectivity index (χ2v) is 6.98. The number of carbonyl (C=O) groups is 1. The maximum absolute atomic E-state index is 12.7. The predicted octanol–water partition coefficient (Wildman–Crippen LogP) is 2.98. The van der Waals surface area contributed by atoms with Crippen LogP contribution in [-0.2, 0) is 11.2 Å². The zero-order chi connectivity index (χ0) is 21.2.